The van der Waals surface area contributed by atoms with E-state index in [1.165, 1.54) is 6.20 Å². The fourth-order valence-corrected chi connectivity index (χ4v) is 2.92. The Morgan fingerprint density at radius 1 is 1.35 bits per heavy atom. The number of ketones is 1. The van der Waals surface area contributed by atoms with Gasteiger partial charge in [-0.05, 0) is 17.5 Å². The lowest BCUT2D eigenvalue weighted by molar-refractivity contribution is -0.122. The first-order valence-corrected chi connectivity index (χ1v) is 7.61. The van der Waals surface area contributed by atoms with Crippen molar-refractivity contribution in [2.24, 2.45) is 7.05 Å². The summed E-state index contributed by atoms with van der Waals surface area (Å²) in [5, 5.41) is 17.0. The number of benzene rings is 1. The van der Waals surface area contributed by atoms with Gasteiger partial charge in [0.05, 0.1) is 23.9 Å². The number of hydrogen-bond acceptors (Lipinski definition) is 4. The van der Waals surface area contributed by atoms with Gasteiger partial charge in [-0.2, -0.15) is 5.10 Å². The molecule has 1 aromatic carbocycles. The van der Waals surface area contributed by atoms with E-state index in [0.29, 0.717) is 12.0 Å². The lowest BCUT2D eigenvalue weighted by atomic mass is 10.1. The first kappa shape index (κ1) is 15.4. The number of carbonyl (C=O) groups is 2. The molecule has 23 heavy (non-hydrogen) atoms. The van der Waals surface area contributed by atoms with Crippen LogP contribution in [0, 0.1) is 0 Å². The number of carbonyl (C=O) groups excluding carboxylic acids is 2. The number of nitrogens with one attached hydrogen (secondary N) is 1. The topological polar surface area (TPSA) is 84.2 Å². The quantitative estimate of drug-likeness (QED) is 0.811. The van der Waals surface area contributed by atoms with Crippen molar-refractivity contribution < 1.29 is 14.7 Å². The van der Waals surface area contributed by atoms with Gasteiger partial charge >= 0.3 is 0 Å². The molecule has 2 aromatic rings. The summed E-state index contributed by atoms with van der Waals surface area (Å²) in [4.78, 5) is 24.0. The van der Waals surface area contributed by atoms with Crippen LogP contribution in [-0.4, -0.2) is 32.6 Å². The highest BCUT2D eigenvalue weighted by atomic mass is 16.3. The van der Waals surface area contributed by atoms with E-state index in [4.69, 9.17) is 0 Å². The Balaban J connectivity index is 1.52. The maximum atomic E-state index is 12.0. The number of fused-ring (bicyclic) bond motifs is 1. The molecule has 0 aliphatic heterocycles. The van der Waals surface area contributed by atoms with Gasteiger partial charge in [0, 0.05) is 26.1 Å². The van der Waals surface area contributed by atoms with Crippen molar-refractivity contribution in [1.29, 1.82) is 0 Å². The minimum Gasteiger partial charge on any atom is -0.386 e. The molecule has 2 N–H and O–H groups in total. The van der Waals surface area contributed by atoms with Gasteiger partial charge in [-0.25, -0.2) is 0 Å². The van der Waals surface area contributed by atoms with Gasteiger partial charge in [0.25, 0.3) is 0 Å². The molecule has 6 nitrogen and oxygen atoms in total. The second kappa shape index (κ2) is 6.34. The molecule has 0 saturated heterocycles. The van der Waals surface area contributed by atoms with Crippen LogP contribution in [0.3, 0.4) is 0 Å². The summed E-state index contributed by atoms with van der Waals surface area (Å²) >= 11 is 0. The zero-order chi connectivity index (χ0) is 16.4. The fraction of sp³-hybridized carbons (Fsp3) is 0.353. The largest absolute Gasteiger partial charge is 0.386 e. The Bertz CT molecular complexity index is 738. The van der Waals surface area contributed by atoms with E-state index >= 15 is 0 Å². The molecule has 2 atom stereocenters. The van der Waals surface area contributed by atoms with E-state index < -0.39 is 6.10 Å². The number of aliphatic hydroxyl groups is 1. The zero-order valence-electron chi connectivity index (χ0n) is 12.9. The van der Waals surface area contributed by atoms with Crippen molar-refractivity contribution in [1.82, 2.24) is 15.1 Å². The molecule has 0 spiro atoms. The number of hydrogen-bond donors (Lipinski definition) is 2. The Morgan fingerprint density at radius 2 is 2.13 bits per heavy atom. The molecule has 1 heterocycles. The average molecular weight is 313 g/mol. The van der Waals surface area contributed by atoms with Gasteiger partial charge in [-0.1, -0.05) is 24.3 Å². The monoisotopic (exact) mass is 313 g/mol. The molecular weight excluding hydrogens is 294 g/mol. The van der Waals surface area contributed by atoms with Crippen molar-refractivity contribution >= 4 is 11.7 Å². The van der Waals surface area contributed by atoms with Crippen molar-refractivity contribution in [3.63, 3.8) is 0 Å². The maximum absolute atomic E-state index is 12.0. The third-order valence-corrected chi connectivity index (χ3v) is 4.15. The van der Waals surface area contributed by atoms with Crippen molar-refractivity contribution in [2.45, 2.75) is 31.4 Å². The summed E-state index contributed by atoms with van der Waals surface area (Å²) in [7, 11) is 1.74. The molecule has 0 bridgehead atoms. The van der Waals surface area contributed by atoms with Crippen molar-refractivity contribution in [3.05, 3.63) is 53.3 Å². The first-order valence-electron chi connectivity index (χ1n) is 7.61. The maximum Gasteiger partial charge on any atom is 0.220 e. The van der Waals surface area contributed by atoms with Gasteiger partial charge in [-0.15, -0.1) is 0 Å². The van der Waals surface area contributed by atoms with Crippen LogP contribution < -0.4 is 5.32 Å². The molecule has 1 amide bonds. The highest BCUT2D eigenvalue weighted by molar-refractivity contribution is 5.97. The van der Waals surface area contributed by atoms with E-state index in [0.717, 1.165) is 11.1 Å². The normalized spacial score (nSPS) is 19.4. The van der Waals surface area contributed by atoms with Crippen LogP contribution in [0.4, 0.5) is 0 Å². The van der Waals surface area contributed by atoms with Gasteiger partial charge in [0.1, 0.15) is 0 Å². The van der Waals surface area contributed by atoms with Gasteiger partial charge in [0.15, 0.2) is 5.78 Å². The molecule has 6 heteroatoms. The molecule has 3 rings (SSSR count). The molecule has 120 valence electrons. The lowest BCUT2D eigenvalue weighted by Gasteiger charge is -2.16. The zero-order valence-corrected chi connectivity index (χ0v) is 12.9. The first-order chi connectivity index (χ1) is 11.0. The Labute approximate surface area is 134 Å². The summed E-state index contributed by atoms with van der Waals surface area (Å²) in [6.07, 6.45) is 3.29. The molecule has 1 aliphatic rings. The lowest BCUT2D eigenvalue weighted by Crippen LogP contribution is -2.37. The summed E-state index contributed by atoms with van der Waals surface area (Å²) < 4.78 is 1.55. The summed E-state index contributed by atoms with van der Waals surface area (Å²) in [6, 6.07) is 7.30. The number of Topliss-reactive ketones (excluding diaryl/α,β-unsaturated/α-hetero) is 1. The van der Waals surface area contributed by atoms with Crippen molar-refractivity contribution in [3.8, 4) is 0 Å². The number of aryl methyl sites for hydroxylation is 1. The number of aromatic nitrogens is 2. The number of nitrogens with zero attached hydrogens (tertiary/aromatic N) is 2. The summed E-state index contributed by atoms with van der Waals surface area (Å²) in [5.41, 5.74) is 2.43. The third-order valence-electron chi connectivity index (χ3n) is 4.15. The second-order valence-corrected chi connectivity index (χ2v) is 5.85. The van der Waals surface area contributed by atoms with Crippen molar-refractivity contribution in [2.75, 3.05) is 0 Å². The SMILES string of the molecule is Cn1cc(C(=O)CCC(=O)N[C@H]2Cc3ccccc3[C@H]2O)cn1. The van der Waals surface area contributed by atoms with Crippen LogP contribution in [0.5, 0.6) is 0 Å². The third kappa shape index (κ3) is 3.32. The molecular formula is C17H19N3O3. The van der Waals surface area contributed by atoms with Crippen LogP contribution in [-0.2, 0) is 18.3 Å². The van der Waals surface area contributed by atoms with Crippen LogP contribution >= 0.6 is 0 Å². The molecule has 0 radical (unpaired) electrons. The van der Waals surface area contributed by atoms with Crippen LogP contribution in [0.2, 0.25) is 0 Å². The van der Waals surface area contributed by atoms with Gasteiger partial charge in [0.2, 0.25) is 5.91 Å². The van der Waals surface area contributed by atoms with Crippen LogP contribution in [0.15, 0.2) is 36.7 Å². The summed E-state index contributed by atoms with van der Waals surface area (Å²) in [5.74, 6) is -0.331. The minimum atomic E-state index is -0.691. The van der Waals surface area contributed by atoms with Crippen LogP contribution in [0.25, 0.3) is 0 Å². The van der Waals surface area contributed by atoms with Gasteiger partial charge in [-0.3, -0.25) is 14.3 Å². The number of amides is 1. The Hall–Kier alpha value is -2.47. The molecule has 0 saturated carbocycles. The van der Waals surface area contributed by atoms with E-state index in [9.17, 15) is 14.7 Å². The Kier molecular flexibility index (Phi) is 4.25. The standard InChI is InChI=1S/C17H19N3O3/c1-20-10-12(9-18-20)15(21)6-7-16(22)19-14-8-11-4-2-3-5-13(11)17(14)23/h2-5,9-10,14,17,23H,6-8H2,1H3,(H,19,22)/t14-,17+/m0/s1. The molecule has 0 fully saturated rings. The minimum absolute atomic E-state index is 0.104. The average Bonchev–Trinajstić information content (AvgIpc) is 3.10. The van der Waals surface area contributed by atoms with E-state index in [1.807, 2.05) is 24.3 Å². The highest BCUT2D eigenvalue weighted by Crippen LogP contribution is 2.31. The summed E-state index contributed by atoms with van der Waals surface area (Å²) in [6.45, 7) is 0. The second-order valence-electron chi connectivity index (χ2n) is 5.85. The predicted molar refractivity (Wildman–Crippen MR) is 83.8 cm³/mol. The van der Waals surface area contributed by atoms with Gasteiger partial charge < -0.3 is 10.4 Å². The molecule has 1 aliphatic carbocycles. The predicted octanol–water partition coefficient (Wildman–Crippen LogP) is 1.16. The number of aliphatic hydroxyl groups excluding tert-OH is 1. The smallest absolute Gasteiger partial charge is 0.220 e. The Morgan fingerprint density at radius 3 is 2.83 bits per heavy atom. The van der Waals surface area contributed by atoms with E-state index in [-0.39, 0.29) is 30.6 Å². The number of rotatable bonds is 5. The molecule has 0 unspecified atom stereocenters. The molecule has 1 aromatic heterocycles. The van der Waals surface area contributed by atoms with E-state index in [1.54, 1.807) is 17.9 Å². The van der Waals surface area contributed by atoms with Crippen LogP contribution in [0.1, 0.15) is 40.4 Å². The van der Waals surface area contributed by atoms with E-state index in [2.05, 4.69) is 10.4 Å². The fourth-order valence-electron chi connectivity index (χ4n) is 2.92. The highest BCUT2D eigenvalue weighted by Gasteiger charge is 2.31.